The van der Waals surface area contributed by atoms with Gasteiger partial charge in [-0.1, -0.05) is 6.58 Å². The molecule has 13 heavy (non-hydrogen) atoms. The second-order valence-corrected chi connectivity index (χ2v) is 2.12. The zero-order valence-corrected chi connectivity index (χ0v) is 9.72. The van der Waals surface area contributed by atoms with Crippen molar-refractivity contribution in [3.8, 4) is 0 Å². The van der Waals surface area contributed by atoms with Crippen molar-refractivity contribution < 1.29 is 4.79 Å². The molecule has 0 aliphatic rings. The molecule has 0 aliphatic carbocycles. The molecule has 0 aromatic carbocycles. The van der Waals surface area contributed by atoms with Crippen LogP contribution in [0.5, 0.6) is 0 Å². The van der Waals surface area contributed by atoms with Crippen molar-refractivity contribution in [1.29, 1.82) is 5.41 Å². The lowest BCUT2D eigenvalue weighted by Gasteiger charge is -1.96. The van der Waals surface area contributed by atoms with Crippen LogP contribution in [0.15, 0.2) is 12.7 Å². The molecular weight excluding hydrogens is 256 g/mol. The fraction of sp³-hybridized carbons (Fsp3) is 0.333. The van der Waals surface area contributed by atoms with Crippen LogP contribution in [0.1, 0.15) is 0 Å². The molecule has 0 spiro atoms. The van der Waals surface area contributed by atoms with E-state index in [1.54, 1.807) is 0 Å². The molecule has 0 fully saturated rings. The van der Waals surface area contributed by atoms with Gasteiger partial charge in [0.15, 0.2) is 5.17 Å². The third-order valence-electron chi connectivity index (χ3n) is 0.638. The maximum atomic E-state index is 9.47. The fourth-order valence-electron chi connectivity index (χ4n) is 0.191. The van der Waals surface area contributed by atoms with Gasteiger partial charge in [0.1, 0.15) is 0 Å². The summed E-state index contributed by atoms with van der Waals surface area (Å²) < 4.78 is 0. The van der Waals surface area contributed by atoms with Crippen molar-refractivity contribution in [3.05, 3.63) is 12.7 Å². The maximum Gasteiger partial charge on any atom is 0.240 e. The van der Waals surface area contributed by atoms with Crippen molar-refractivity contribution in [2.24, 2.45) is 11.5 Å². The molecule has 0 aliphatic heterocycles. The Balaban J connectivity index is -0.000000150. The molecule has 0 atom stereocenters. The van der Waals surface area contributed by atoms with Crippen molar-refractivity contribution in [2.75, 3.05) is 13.1 Å². The van der Waals surface area contributed by atoms with Crippen LogP contribution < -0.4 is 16.8 Å². The van der Waals surface area contributed by atoms with Gasteiger partial charge >= 0.3 is 0 Å². The second kappa shape index (κ2) is 14.0. The summed E-state index contributed by atoms with van der Waals surface area (Å²) in [6.07, 6.45) is 1.06. The summed E-state index contributed by atoms with van der Waals surface area (Å²) in [6, 6.07) is 0. The Kier molecular flexibility index (Phi) is 19.7. The maximum absolute atomic E-state index is 9.47. The Morgan fingerprint density at radius 2 is 2.08 bits per heavy atom. The number of carbonyl (C=O) groups excluding carboxylic acids is 1. The Labute approximate surface area is 93.6 Å². The van der Waals surface area contributed by atoms with Gasteiger partial charge in [0.05, 0.1) is 0 Å². The first-order valence-electron chi connectivity index (χ1n) is 3.18. The summed E-state index contributed by atoms with van der Waals surface area (Å²) in [5.74, 6) is -0.481. The van der Waals surface area contributed by atoms with Crippen molar-refractivity contribution in [2.45, 2.75) is 0 Å². The number of nitrogens with one attached hydrogen (secondary N) is 2. The van der Waals surface area contributed by atoms with Crippen molar-refractivity contribution in [3.63, 3.8) is 0 Å². The minimum atomic E-state index is -0.481. The molecule has 6 N–H and O–H groups in total. The van der Waals surface area contributed by atoms with E-state index in [1.807, 2.05) is 0 Å². The molecule has 0 saturated heterocycles. The number of hydrogen-bond donors (Lipinski definition) is 5. The summed E-state index contributed by atoms with van der Waals surface area (Å²) in [7, 11) is 0. The molecule has 5 nitrogen and oxygen atoms in total. The van der Waals surface area contributed by atoms with E-state index in [1.165, 1.54) is 0 Å². The number of amidine groups is 1. The molecule has 0 radical (unpaired) electrons. The number of primary amides is 1. The Hall–Kier alpha value is -0.530. The molecule has 0 bridgehead atoms. The van der Waals surface area contributed by atoms with E-state index in [4.69, 9.17) is 11.1 Å². The third-order valence-corrected chi connectivity index (χ3v) is 0.796. The number of carbonyl (C=O) groups is 1. The van der Waals surface area contributed by atoms with E-state index in [0.29, 0.717) is 13.1 Å². The Morgan fingerprint density at radius 1 is 1.69 bits per heavy atom. The lowest BCUT2D eigenvalue weighted by molar-refractivity contribution is -0.113. The molecule has 1 amide bonds. The van der Waals surface area contributed by atoms with Gasteiger partial charge in [-0.3, -0.25) is 10.2 Å². The molecule has 0 unspecified atom stereocenters. The lowest BCUT2D eigenvalue weighted by Crippen LogP contribution is -2.24. The minimum Gasteiger partial charge on any atom is -0.366 e. The van der Waals surface area contributed by atoms with E-state index in [2.05, 4.69) is 30.3 Å². The average molecular weight is 271 g/mol. The summed E-state index contributed by atoms with van der Waals surface area (Å²) >= 11 is 3.65. The number of hydrogen-bond acceptors (Lipinski definition) is 3. The Morgan fingerprint density at radius 3 is 2.15 bits per heavy atom. The van der Waals surface area contributed by atoms with Gasteiger partial charge in [-0.05, 0) is 6.08 Å². The second-order valence-electron chi connectivity index (χ2n) is 1.67. The van der Waals surface area contributed by atoms with Gasteiger partial charge in [0.25, 0.3) is 0 Å². The average Bonchev–Trinajstić information content (AvgIpc) is 2.02. The fourth-order valence-corrected chi connectivity index (χ4v) is 0.302. The first-order chi connectivity index (χ1) is 5.54. The summed E-state index contributed by atoms with van der Waals surface area (Å²) in [6.45, 7) is 4.26. The normalized spacial score (nSPS) is 6.92. The number of nitrogens with two attached hydrogens (primary N) is 2. The Bertz CT molecular complexity index is 165. The van der Waals surface area contributed by atoms with E-state index < -0.39 is 5.91 Å². The number of rotatable bonds is 3. The zero-order chi connectivity index (χ0) is 9.98. The van der Waals surface area contributed by atoms with Crippen LogP contribution >= 0.6 is 29.6 Å². The summed E-state index contributed by atoms with van der Waals surface area (Å²) in [5, 5.41) is 9.48. The SMILES string of the molecule is Br.C=CC(N)=O.N=C(S)NCCN. The molecule has 78 valence electrons. The number of halogens is 1. The molecule has 0 saturated carbocycles. The van der Waals surface area contributed by atoms with Crippen LogP contribution in [0.25, 0.3) is 0 Å². The highest BCUT2D eigenvalue weighted by Crippen LogP contribution is 1.67. The molecule has 0 aromatic heterocycles. The number of thiol groups is 1. The highest BCUT2D eigenvalue weighted by molar-refractivity contribution is 8.93. The molecule has 0 aromatic rings. The standard InChI is InChI=1S/C3H9N3S.C3H5NO.BrH/c4-1-2-6-3(5)7;1-2-3(4)5;/h1-2,4H2,(H3,5,6,7);2H,1H2,(H2,4,5);1H. The van der Waals surface area contributed by atoms with Crippen LogP contribution in [0.3, 0.4) is 0 Å². The van der Waals surface area contributed by atoms with Crippen LogP contribution in [-0.2, 0) is 4.79 Å². The van der Waals surface area contributed by atoms with Crippen LogP contribution in [0.2, 0.25) is 0 Å². The zero-order valence-electron chi connectivity index (χ0n) is 7.12. The number of amides is 1. The van der Waals surface area contributed by atoms with Crippen molar-refractivity contribution >= 4 is 40.7 Å². The lowest BCUT2D eigenvalue weighted by atomic mass is 10.6. The predicted octanol–water partition coefficient (Wildman–Crippen LogP) is -0.365. The summed E-state index contributed by atoms with van der Waals surface area (Å²) in [4.78, 5) is 9.47. The largest absolute Gasteiger partial charge is 0.366 e. The predicted molar refractivity (Wildman–Crippen MR) is 63.5 cm³/mol. The third kappa shape index (κ3) is 34.4. The van der Waals surface area contributed by atoms with Gasteiger partial charge in [-0.25, -0.2) is 0 Å². The van der Waals surface area contributed by atoms with E-state index in [9.17, 15) is 4.79 Å². The summed E-state index contributed by atoms with van der Waals surface area (Å²) in [5.41, 5.74) is 9.62. The van der Waals surface area contributed by atoms with Crippen LogP contribution in [-0.4, -0.2) is 24.2 Å². The van der Waals surface area contributed by atoms with Gasteiger partial charge in [0.2, 0.25) is 5.91 Å². The van der Waals surface area contributed by atoms with Gasteiger partial charge < -0.3 is 16.8 Å². The van der Waals surface area contributed by atoms with E-state index in [-0.39, 0.29) is 22.1 Å². The van der Waals surface area contributed by atoms with Gasteiger partial charge in [-0.2, -0.15) is 0 Å². The first kappa shape index (κ1) is 18.3. The smallest absolute Gasteiger partial charge is 0.240 e. The first-order valence-corrected chi connectivity index (χ1v) is 3.62. The highest BCUT2D eigenvalue weighted by atomic mass is 79.9. The molecular formula is C6H15BrN4OS. The van der Waals surface area contributed by atoms with Gasteiger partial charge in [0, 0.05) is 13.1 Å². The van der Waals surface area contributed by atoms with Crippen molar-refractivity contribution in [1.82, 2.24) is 5.32 Å². The molecule has 0 rings (SSSR count). The topological polar surface area (TPSA) is 105 Å². The molecule has 0 heterocycles. The van der Waals surface area contributed by atoms with Gasteiger partial charge in [-0.15, -0.1) is 29.6 Å². The van der Waals surface area contributed by atoms with E-state index in [0.717, 1.165) is 6.08 Å². The quantitative estimate of drug-likeness (QED) is 0.209. The molecule has 7 heteroatoms. The van der Waals surface area contributed by atoms with Crippen LogP contribution in [0, 0.1) is 5.41 Å². The minimum absolute atomic E-state index is 0. The highest BCUT2D eigenvalue weighted by Gasteiger charge is 1.79. The van der Waals surface area contributed by atoms with E-state index >= 15 is 0 Å². The van der Waals surface area contributed by atoms with Crippen LogP contribution in [0.4, 0.5) is 0 Å². The monoisotopic (exact) mass is 270 g/mol.